The number of carboxylic acid groups (broad SMARTS) is 1. The summed E-state index contributed by atoms with van der Waals surface area (Å²) in [6.45, 7) is 2.98. The molecule has 5 N–H and O–H groups in total. The molecule has 2 rings (SSSR count). The third-order valence-corrected chi connectivity index (χ3v) is 4.49. The Morgan fingerprint density at radius 1 is 1.23 bits per heavy atom. The summed E-state index contributed by atoms with van der Waals surface area (Å²) < 4.78 is 16.0. The summed E-state index contributed by atoms with van der Waals surface area (Å²) in [5.41, 5.74) is -0.129. The van der Waals surface area contributed by atoms with Gasteiger partial charge in [-0.1, -0.05) is 6.08 Å². The van der Waals surface area contributed by atoms with E-state index in [9.17, 15) is 35.1 Å². The summed E-state index contributed by atoms with van der Waals surface area (Å²) in [6.07, 6.45) is -5.86. The number of carbonyl (C=O) groups excluding carboxylic acids is 1. The van der Waals surface area contributed by atoms with Crippen molar-refractivity contribution in [3.05, 3.63) is 24.5 Å². The Hall–Kier alpha value is -1.82. The van der Waals surface area contributed by atoms with Crippen LogP contribution in [0.1, 0.15) is 6.42 Å². The number of aliphatic hydroxyl groups is 4. The number of aliphatic hydroxyl groups excluding tert-OH is 4. The van der Waals surface area contributed by atoms with Gasteiger partial charge in [-0.3, -0.25) is 0 Å². The molecule has 0 aliphatic carbocycles. The molecule has 0 saturated carbocycles. The van der Waals surface area contributed by atoms with Crippen LogP contribution in [0, 0.1) is 11.8 Å². The van der Waals surface area contributed by atoms with Crippen molar-refractivity contribution in [3.8, 4) is 0 Å². The Balaban J connectivity index is 2.20. The molecular formula is C16H22O10. The monoisotopic (exact) mass is 374 g/mol. The molecule has 10 heteroatoms. The maximum Gasteiger partial charge on any atom is 0.335 e. The minimum atomic E-state index is -1.64. The number of hydrogen-bond donors (Lipinski definition) is 5. The topological polar surface area (TPSA) is 163 Å². The van der Waals surface area contributed by atoms with E-state index in [1.807, 2.05) is 0 Å². The third kappa shape index (κ3) is 3.95. The Bertz CT molecular complexity index is 559. The fourth-order valence-electron chi connectivity index (χ4n) is 3.02. The normalized spacial score (nSPS) is 40.2. The van der Waals surface area contributed by atoms with E-state index < -0.39 is 61.4 Å². The largest absolute Gasteiger partial charge is 0.478 e. The Morgan fingerprint density at radius 3 is 2.46 bits per heavy atom. The molecule has 2 aliphatic heterocycles. The van der Waals surface area contributed by atoms with Crippen LogP contribution in [0.25, 0.3) is 0 Å². The van der Waals surface area contributed by atoms with E-state index in [4.69, 9.17) is 14.2 Å². The molecule has 0 unspecified atom stereocenters. The van der Waals surface area contributed by atoms with E-state index in [1.165, 1.54) is 6.08 Å². The van der Waals surface area contributed by atoms with Crippen molar-refractivity contribution in [1.82, 2.24) is 0 Å². The van der Waals surface area contributed by atoms with Crippen LogP contribution in [0.5, 0.6) is 0 Å². The average Bonchev–Trinajstić information content (AvgIpc) is 2.62. The van der Waals surface area contributed by atoms with Gasteiger partial charge in [0.15, 0.2) is 6.29 Å². The summed E-state index contributed by atoms with van der Waals surface area (Å²) in [6, 6.07) is 0. The van der Waals surface area contributed by atoms with Gasteiger partial charge in [-0.05, 0) is 0 Å². The first-order valence-corrected chi connectivity index (χ1v) is 7.96. The second-order valence-corrected chi connectivity index (χ2v) is 6.04. The fraction of sp³-hybridized carbons (Fsp3) is 0.625. The van der Waals surface area contributed by atoms with Crippen LogP contribution in [0.4, 0.5) is 0 Å². The van der Waals surface area contributed by atoms with Crippen molar-refractivity contribution in [3.63, 3.8) is 0 Å². The fourth-order valence-corrected chi connectivity index (χ4v) is 3.02. The molecule has 0 amide bonds. The van der Waals surface area contributed by atoms with Gasteiger partial charge in [-0.15, -0.1) is 6.58 Å². The molecule has 8 atom stereocenters. The van der Waals surface area contributed by atoms with Crippen molar-refractivity contribution in [2.75, 3.05) is 6.61 Å². The first-order valence-electron chi connectivity index (χ1n) is 7.96. The van der Waals surface area contributed by atoms with Gasteiger partial charge >= 0.3 is 5.97 Å². The van der Waals surface area contributed by atoms with Gasteiger partial charge < -0.3 is 44.5 Å². The van der Waals surface area contributed by atoms with Gasteiger partial charge in [-0.2, -0.15) is 0 Å². The Labute approximate surface area is 148 Å². The van der Waals surface area contributed by atoms with E-state index >= 15 is 0 Å². The average molecular weight is 374 g/mol. The molecule has 1 fully saturated rings. The first-order chi connectivity index (χ1) is 12.3. The van der Waals surface area contributed by atoms with Crippen LogP contribution in [-0.2, 0) is 23.8 Å². The first kappa shape index (κ1) is 20.5. The molecule has 0 spiro atoms. The van der Waals surface area contributed by atoms with Gasteiger partial charge in [0.25, 0.3) is 0 Å². The molecule has 0 aromatic rings. The second kappa shape index (κ2) is 8.71. The van der Waals surface area contributed by atoms with Crippen molar-refractivity contribution in [1.29, 1.82) is 0 Å². The number of carbonyl (C=O) groups is 2. The Morgan fingerprint density at radius 2 is 1.92 bits per heavy atom. The van der Waals surface area contributed by atoms with Gasteiger partial charge in [0.1, 0.15) is 30.7 Å². The minimum Gasteiger partial charge on any atom is -0.478 e. The zero-order valence-electron chi connectivity index (χ0n) is 13.7. The van der Waals surface area contributed by atoms with Crippen LogP contribution in [0.3, 0.4) is 0 Å². The van der Waals surface area contributed by atoms with E-state index in [-0.39, 0.29) is 12.0 Å². The van der Waals surface area contributed by atoms with Gasteiger partial charge in [-0.25, -0.2) is 4.79 Å². The quantitative estimate of drug-likeness (QED) is 0.252. The standard InChI is InChI=1S/C16H22O10/c1-2-7-8(3-4-17)9(14(22)23)6-24-15(7)26-16-13(21)12(20)11(19)10(5-18)25-16/h2,4,6-8,10-13,15-16,18-21H,1,3,5H2,(H,22,23)/t7-,8+,10-,11-,12+,13-,15-,16-/m1/s1. The molecule has 0 radical (unpaired) electrons. The molecule has 2 heterocycles. The van der Waals surface area contributed by atoms with Gasteiger partial charge in [0, 0.05) is 18.3 Å². The van der Waals surface area contributed by atoms with Crippen LogP contribution < -0.4 is 0 Å². The van der Waals surface area contributed by atoms with Gasteiger partial charge in [0.05, 0.1) is 18.4 Å². The molecule has 26 heavy (non-hydrogen) atoms. The van der Waals surface area contributed by atoms with Crippen LogP contribution in [0.2, 0.25) is 0 Å². The lowest BCUT2D eigenvalue weighted by Crippen LogP contribution is -2.60. The number of aliphatic carboxylic acids is 1. The van der Waals surface area contributed by atoms with Crippen molar-refractivity contribution >= 4 is 12.3 Å². The van der Waals surface area contributed by atoms with E-state index in [2.05, 4.69) is 6.58 Å². The van der Waals surface area contributed by atoms with Crippen LogP contribution in [-0.4, -0.2) is 81.4 Å². The highest BCUT2D eigenvalue weighted by Crippen LogP contribution is 2.36. The summed E-state index contributed by atoms with van der Waals surface area (Å²) in [5, 5.41) is 48.0. The molecule has 1 saturated heterocycles. The van der Waals surface area contributed by atoms with E-state index in [1.54, 1.807) is 0 Å². The molecule has 2 aliphatic rings. The maximum atomic E-state index is 11.3. The number of carboxylic acids is 1. The highest BCUT2D eigenvalue weighted by Gasteiger charge is 2.47. The van der Waals surface area contributed by atoms with Gasteiger partial charge in [0.2, 0.25) is 6.29 Å². The van der Waals surface area contributed by atoms with Crippen molar-refractivity contribution in [2.24, 2.45) is 11.8 Å². The number of ether oxygens (including phenoxy) is 3. The Kier molecular flexibility index (Phi) is 6.87. The third-order valence-electron chi connectivity index (χ3n) is 4.49. The van der Waals surface area contributed by atoms with Crippen molar-refractivity contribution in [2.45, 2.75) is 43.4 Å². The molecule has 10 nitrogen and oxygen atoms in total. The smallest absolute Gasteiger partial charge is 0.335 e. The molecule has 0 bridgehead atoms. The molecule has 0 aromatic carbocycles. The summed E-state index contributed by atoms with van der Waals surface area (Å²) in [7, 11) is 0. The summed E-state index contributed by atoms with van der Waals surface area (Å²) in [4.78, 5) is 22.2. The van der Waals surface area contributed by atoms with Crippen LogP contribution in [0.15, 0.2) is 24.5 Å². The number of hydrogen-bond acceptors (Lipinski definition) is 9. The lowest BCUT2D eigenvalue weighted by molar-refractivity contribution is -0.339. The lowest BCUT2D eigenvalue weighted by Gasteiger charge is -2.42. The highest BCUT2D eigenvalue weighted by molar-refractivity contribution is 5.87. The summed E-state index contributed by atoms with van der Waals surface area (Å²) >= 11 is 0. The predicted octanol–water partition coefficient (Wildman–Crippen LogP) is -1.86. The van der Waals surface area contributed by atoms with E-state index in [0.29, 0.717) is 6.29 Å². The number of rotatable bonds is 7. The lowest BCUT2D eigenvalue weighted by atomic mass is 9.82. The number of aldehydes is 1. The van der Waals surface area contributed by atoms with Crippen molar-refractivity contribution < 1.29 is 49.3 Å². The minimum absolute atomic E-state index is 0.118. The zero-order chi connectivity index (χ0) is 19.4. The van der Waals surface area contributed by atoms with Crippen LogP contribution >= 0.6 is 0 Å². The SMILES string of the molecule is C=C[C@H]1[C@@H](O[C@H]2O[C@H](CO)[C@@H](O)[C@H](O)[C@H]2O)OC=C(C(=O)O)[C@H]1CC=O. The molecule has 0 aromatic heterocycles. The molecular weight excluding hydrogens is 352 g/mol. The maximum absolute atomic E-state index is 11.3. The summed E-state index contributed by atoms with van der Waals surface area (Å²) in [5.74, 6) is -2.79. The van der Waals surface area contributed by atoms with E-state index in [0.717, 1.165) is 6.26 Å². The second-order valence-electron chi connectivity index (χ2n) is 6.04. The highest BCUT2D eigenvalue weighted by atomic mass is 16.8. The zero-order valence-corrected chi connectivity index (χ0v) is 13.7. The molecule has 146 valence electrons. The predicted molar refractivity (Wildman–Crippen MR) is 83.3 cm³/mol.